The molecule has 17 heavy (non-hydrogen) atoms. The quantitative estimate of drug-likeness (QED) is 0.749. The van der Waals surface area contributed by atoms with Crippen LogP contribution in [-0.2, 0) is 0 Å². The van der Waals surface area contributed by atoms with Gasteiger partial charge in [0.2, 0.25) is 0 Å². The van der Waals surface area contributed by atoms with Crippen molar-refractivity contribution < 1.29 is 0 Å². The molecule has 100 valence electrons. The van der Waals surface area contributed by atoms with Gasteiger partial charge >= 0.3 is 0 Å². The van der Waals surface area contributed by atoms with Crippen molar-refractivity contribution >= 4 is 0 Å². The highest BCUT2D eigenvalue weighted by Gasteiger charge is 2.30. The first-order valence-electron chi connectivity index (χ1n) is 7.68. The number of piperidine rings is 1. The van der Waals surface area contributed by atoms with Gasteiger partial charge in [0.1, 0.15) is 0 Å². The van der Waals surface area contributed by atoms with E-state index in [1.165, 1.54) is 58.0 Å². The second-order valence-electron chi connectivity index (χ2n) is 6.49. The Hall–Kier alpha value is -0.0800. The molecule has 0 aromatic carbocycles. The molecule has 0 aromatic rings. The Labute approximate surface area is 107 Å². The highest BCUT2D eigenvalue weighted by Crippen LogP contribution is 2.29. The van der Waals surface area contributed by atoms with Gasteiger partial charge in [-0.1, -0.05) is 33.1 Å². The number of nitrogens with two attached hydrogens (primary N) is 1. The third kappa shape index (κ3) is 3.45. The summed E-state index contributed by atoms with van der Waals surface area (Å²) in [4.78, 5) is 2.70. The van der Waals surface area contributed by atoms with Crippen LogP contribution in [0, 0.1) is 11.8 Å². The third-order valence-electron chi connectivity index (χ3n) is 5.02. The molecule has 0 amide bonds. The molecular formula is C15H30N2. The molecule has 2 aliphatic rings. The number of hydrogen-bond donors (Lipinski definition) is 1. The van der Waals surface area contributed by atoms with Crippen molar-refractivity contribution in [3.05, 3.63) is 0 Å². The third-order valence-corrected chi connectivity index (χ3v) is 5.02. The van der Waals surface area contributed by atoms with Crippen molar-refractivity contribution in [1.29, 1.82) is 0 Å². The van der Waals surface area contributed by atoms with Crippen LogP contribution in [0.3, 0.4) is 0 Å². The molecule has 0 radical (unpaired) electrons. The number of rotatable bonds is 2. The second kappa shape index (κ2) is 6.19. The molecule has 2 atom stereocenters. The van der Waals surface area contributed by atoms with Gasteiger partial charge in [-0.15, -0.1) is 0 Å². The summed E-state index contributed by atoms with van der Waals surface area (Å²) in [5.41, 5.74) is 6.36. The topological polar surface area (TPSA) is 29.3 Å². The Balaban J connectivity index is 1.86. The zero-order valence-electron chi connectivity index (χ0n) is 11.7. The lowest BCUT2D eigenvalue weighted by atomic mass is 9.85. The average molecular weight is 238 g/mol. The van der Waals surface area contributed by atoms with Gasteiger partial charge in [0, 0.05) is 12.1 Å². The molecule has 2 heteroatoms. The fourth-order valence-corrected chi connectivity index (χ4v) is 3.69. The predicted molar refractivity (Wildman–Crippen MR) is 74.0 cm³/mol. The first-order chi connectivity index (χ1) is 8.18. The minimum atomic E-state index is 0.438. The molecule has 2 unspecified atom stereocenters. The van der Waals surface area contributed by atoms with Crippen molar-refractivity contribution in [2.45, 2.75) is 70.9 Å². The molecule has 2 rings (SSSR count). The van der Waals surface area contributed by atoms with Crippen molar-refractivity contribution in [2.75, 3.05) is 13.1 Å². The lowest BCUT2D eigenvalue weighted by Gasteiger charge is -2.40. The summed E-state index contributed by atoms with van der Waals surface area (Å²) >= 11 is 0. The van der Waals surface area contributed by atoms with E-state index in [1.807, 2.05) is 0 Å². The number of likely N-dealkylation sites (tertiary alicyclic amines) is 1. The molecule has 2 N–H and O–H groups in total. The fraction of sp³-hybridized carbons (Fsp3) is 1.00. The molecule has 1 heterocycles. The van der Waals surface area contributed by atoms with Crippen LogP contribution in [0.4, 0.5) is 0 Å². The van der Waals surface area contributed by atoms with Crippen molar-refractivity contribution in [3.8, 4) is 0 Å². The molecule has 0 bridgehead atoms. The lowest BCUT2D eigenvalue weighted by molar-refractivity contribution is 0.0964. The van der Waals surface area contributed by atoms with E-state index in [1.54, 1.807) is 0 Å². The Morgan fingerprint density at radius 1 is 0.941 bits per heavy atom. The standard InChI is InChI=1S/C15H30N2/c1-12(2)13-8-10-17(11-9-13)15-7-5-3-4-6-14(15)16/h12-15H,3-11,16H2,1-2H3. The van der Waals surface area contributed by atoms with Crippen LogP contribution in [0.15, 0.2) is 0 Å². The lowest BCUT2D eigenvalue weighted by Crippen LogP contribution is -2.50. The summed E-state index contributed by atoms with van der Waals surface area (Å²) in [5, 5.41) is 0. The van der Waals surface area contributed by atoms with Crippen molar-refractivity contribution in [2.24, 2.45) is 17.6 Å². The maximum atomic E-state index is 6.36. The fourth-order valence-electron chi connectivity index (χ4n) is 3.69. The summed E-state index contributed by atoms with van der Waals surface area (Å²) in [7, 11) is 0. The van der Waals surface area contributed by atoms with Gasteiger partial charge in [0.15, 0.2) is 0 Å². The van der Waals surface area contributed by atoms with Gasteiger partial charge < -0.3 is 5.73 Å². The SMILES string of the molecule is CC(C)C1CCN(C2CCCCCC2N)CC1. The van der Waals surface area contributed by atoms with E-state index in [0.29, 0.717) is 12.1 Å². The van der Waals surface area contributed by atoms with Gasteiger partial charge in [0.25, 0.3) is 0 Å². The number of nitrogens with zero attached hydrogens (tertiary/aromatic N) is 1. The monoisotopic (exact) mass is 238 g/mol. The summed E-state index contributed by atoms with van der Waals surface area (Å²) < 4.78 is 0. The molecule has 2 fully saturated rings. The summed E-state index contributed by atoms with van der Waals surface area (Å²) in [6, 6.07) is 1.12. The minimum absolute atomic E-state index is 0.438. The van der Waals surface area contributed by atoms with Crippen LogP contribution < -0.4 is 5.73 Å². The minimum Gasteiger partial charge on any atom is -0.326 e. The molecule has 1 aliphatic heterocycles. The van der Waals surface area contributed by atoms with E-state index in [9.17, 15) is 0 Å². The molecule has 1 saturated carbocycles. The van der Waals surface area contributed by atoms with Crippen LogP contribution >= 0.6 is 0 Å². The van der Waals surface area contributed by atoms with Crippen LogP contribution in [0.1, 0.15) is 58.8 Å². The molecule has 2 nitrogen and oxygen atoms in total. The first-order valence-corrected chi connectivity index (χ1v) is 7.68. The largest absolute Gasteiger partial charge is 0.326 e. The van der Waals surface area contributed by atoms with Gasteiger partial charge in [-0.05, 0) is 50.6 Å². The zero-order valence-corrected chi connectivity index (χ0v) is 11.7. The van der Waals surface area contributed by atoms with Gasteiger partial charge in [-0.25, -0.2) is 0 Å². The van der Waals surface area contributed by atoms with E-state index in [4.69, 9.17) is 5.73 Å². The average Bonchev–Trinajstić information content (AvgIpc) is 2.54. The summed E-state index contributed by atoms with van der Waals surface area (Å²) in [5.74, 6) is 1.81. The Morgan fingerprint density at radius 3 is 2.24 bits per heavy atom. The molecule has 1 aliphatic carbocycles. The Kier molecular flexibility index (Phi) is 4.87. The summed E-state index contributed by atoms with van der Waals surface area (Å²) in [6.07, 6.45) is 9.50. The normalized spacial score (nSPS) is 33.9. The van der Waals surface area contributed by atoms with Crippen molar-refractivity contribution in [3.63, 3.8) is 0 Å². The molecule has 0 aromatic heterocycles. The van der Waals surface area contributed by atoms with Crippen molar-refractivity contribution in [1.82, 2.24) is 4.90 Å². The first kappa shape index (κ1) is 13.4. The van der Waals surface area contributed by atoms with E-state index >= 15 is 0 Å². The smallest absolute Gasteiger partial charge is 0.0247 e. The van der Waals surface area contributed by atoms with E-state index in [0.717, 1.165) is 11.8 Å². The van der Waals surface area contributed by atoms with Crippen LogP contribution in [0.5, 0.6) is 0 Å². The van der Waals surface area contributed by atoms with Crippen LogP contribution in [0.25, 0.3) is 0 Å². The number of hydrogen-bond acceptors (Lipinski definition) is 2. The molecular weight excluding hydrogens is 208 g/mol. The summed E-state index contributed by atoms with van der Waals surface area (Å²) in [6.45, 7) is 7.33. The van der Waals surface area contributed by atoms with Crippen LogP contribution in [0.2, 0.25) is 0 Å². The predicted octanol–water partition coefficient (Wildman–Crippen LogP) is 3.01. The van der Waals surface area contributed by atoms with Gasteiger partial charge in [0.05, 0.1) is 0 Å². The maximum Gasteiger partial charge on any atom is 0.0247 e. The van der Waals surface area contributed by atoms with Crippen LogP contribution in [-0.4, -0.2) is 30.1 Å². The van der Waals surface area contributed by atoms with Gasteiger partial charge in [-0.2, -0.15) is 0 Å². The maximum absolute atomic E-state index is 6.36. The van der Waals surface area contributed by atoms with E-state index < -0.39 is 0 Å². The highest BCUT2D eigenvalue weighted by molar-refractivity contribution is 4.87. The second-order valence-corrected chi connectivity index (χ2v) is 6.49. The zero-order chi connectivity index (χ0) is 12.3. The Bertz CT molecular complexity index is 219. The highest BCUT2D eigenvalue weighted by atomic mass is 15.2. The molecule has 0 spiro atoms. The molecule has 1 saturated heterocycles. The van der Waals surface area contributed by atoms with Gasteiger partial charge in [-0.3, -0.25) is 4.90 Å². The van der Waals surface area contributed by atoms with E-state index in [2.05, 4.69) is 18.7 Å². The van der Waals surface area contributed by atoms with E-state index in [-0.39, 0.29) is 0 Å². The Morgan fingerprint density at radius 2 is 1.59 bits per heavy atom.